The molecule has 0 amide bonds. The number of hydrogen-bond acceptors (Lipinski definition) is 2. The number of rotatable bonds is 3. The van der Waals surface area contributed by atoms with Crippen LogP contribution in [0.15, 0.2) is 0 Å². The van der Waals surface area contributed by atoms with Gasteiger partial charge in [0.05, 0.1) is 0 Å². The van der Waals surface area contributed by atoms with Gasteiger partial charge in [0.2, 0.25) is 0 Å². The first-order valence-electron chi connectivity index (χ1n) is 4.02. The molecule has 0 unspecified atom stereocenters. The molecule has 3 heteroatoms. The fraction of sp³-hybridized carbons (Fsp3) is 0.875. The zero-order valence-electron chi connectivity index (χ0n) is 7.17. The Morgan fingerprint density at radius 2 is 2.45 bits per heavy atom. The van der Waals surface area contributed by atoms with E-state index in [9.17, 15) is 0 Å². The van der Waals surface area contributed by atoms with Gasteiger partial charge in [0.25, 0.3) is 0 Å². The Labute approximate surface area is 76.5 Å². The normalized spacial score (nSPS) is 25.8. The molecule has 0 spiro atoms. The van der Waals surface area contributed by atoms with Gasteiger partial charge >= 0.3 is 76.1 Å². The minimum atomic E-state index is 0.612. The molecule has 1 rings (SSSR count). The molecule has 2 nitrogen and oxygen atoms in total. The summed E-state index contributed by atoms with van der Waals surface area (Å²) in [4.78, 5) is 2.39. The van der Waals surface area contributed by atoms with E-state index in [1.807, 2.05) is 0 Å². The summed E-state index contributed by atoms with van der Waals surface area (Å²) in [6.07, 6.45) is 2.57. The van der Waals surface area contributed by atoms with Crippen molar-refractivity contribution in [3.05, 3.63) is 0 Å². The first-order chi connectivity index (χ1) is 5.25. The van der Waals surface area contributed by atoms with Crippen LogP contribution in [0.4, 0.5) is 0 Å². The third kappa shape index (κ3) is 2.38. The Morgan fingerprint density at radius 3 is 3.00 bits per heavy atom. The van der Waals surface area contributed by atoms with Gasteiger partial charge in [-0.15, -0.1) is 0 Å². The predicted octanol–water partition coefficient (Wildman–Crippen LogP) is 0.794. The van der Waals surface area contributed by atoms with Crippen molar-refractivity contribution in [2.75, 3.05) is 20.3 Å². The van der Waals surface area contributed by atoms with Gasteiger partial charge in [-0.25, -0.2) is 0 Å². The van der Waals surface area contributed by atoms with Crippen molar-refractivity contribution >= 4 is 4.50 Å². The summed E-state index contributed by atoms with van der Waals surface area (Å²) in [5.41, 5.74) is 0. The predicted molar refractivity (Wildman–Crippen MR) is 42.3 cm³/mol. The maximum atomic E-state index is 5.14. The van der Waals surface area contributed by atoms with Gasteiger partial charge in [-0.2, -0.15) is 0 Å². The van der Waals surface area contributed by atoms with Gasteiger partial charge in [-0.1, -0.05) is 0 Å². The summed E-state index contributed by atoms with van der Waals surface area (Å²) in [5.74, 6) is 0. The number of likely N-dealkylation sites (tertiary alicyclic amines) is 1. The van der Waals surface area contributed by atoms with E-state index in [1.165, 1.54) is 23.9 Å². The van der Waals surface area contributed by atoms with Gasteiger partial charge in [0.15, 0.2) is 0 Å². The molecule has 0 radical (unpaired) electrons. The Hall–Kier alpha value is 0.322. The number of methoxy groups -OCH3 is 1. The summed E-state index contributed by atoms with van der Waals surface area (Å²) < 4.78 is 6.43. The van der Waals surface area contributed by atoms with E-state index in [1.54, 1.807) is 7.11 Å². The molecule has 0 aromatic rings. The second-order valence-electron chi connectivity index (χ2n) is 2.96. The van der Waals surface area contributed by atoms with Gasteiger partial charge in [-0.3, -0.25) is 0 Å². The van der Waals surface area contributed by atoms with Gasteiger partial charge in [0.1, 0.15) is 0 Å². The molecule has 1 aliphatic heterocycles. The van der Waals surface area contributed by atoms with Crippen molar-refractivity contribution in [1.29, 1.82) is 0 Å². The molecule has 1 atom stereocenters. The van der Waals surface area contributed by atoms with E-state index in [0.717, 1.165) is 6.61 Å². The van der Waals surface area contributed by atoms with Gasteiger partial charge < -0.3 is 0 Å². The van der Waals surface area contributed by atoms with Crippen molar-refractivity contribution in [3.8, 4) is 0 Å². The van der Waals surface area contributed by atoms with Crippen LogP contribution in [0.3, 0.4) is 0 Å². The molecule has 0 N–H and O–H groups in total. The van der Waals surface area contributed by atoms with E-state index >= 15 is 0 Å². The van der Waals surface area contributed by atoms with Crippen LogP contribution in [0, 0.1) is 0 Å². The minimum absolute atomic E-state index is 0.612. The maximum absolute atomic E-state index is 5.14. The second-order valence-corrected chi connectivity index (χ2v) is 3.89. The molecule has 1 saturated heterocycles. The fourth-order valence-electron chi connectivity index (χ4n) is 1.62. The standard InChI is InChI=1S/C8H15NO.Cr/c1-3-9-6-4-5-8(9)7-10-2;/h8H,4-7H2,1-2H3;/t8-;/m0./s1. The van der Waals surface area contributed by atoms with Crippen LogP contribution >= 0.6 is 0 Å². The van der Waals surface area contributed by atoms with Crippen molar-refractivity contribution < 1.29 is 20.6 Å². The average Bonchev–Trinajstić information content (AvgIpc) is 2.36. The molecule has 0 saturated carbocycles. The fourth-order valence-corrected chi connectivity index (χ4v) is 1.99. The van der Waals surface area contributed by atoms with Crippen LogP contribution in [0.25, 0.3) is 0 Å². The molecule has 0 bridgehead atoms. The molecule has 0 aromatic heterocycles. The molecule has 1 fully saturated rings. The van der Waals surface area contributed by atoms with Crippen LogP contribution in [0.5, 0.6) is 0 Å². The Morgan fingerprint density at radius 1 is 1.73 bits per heavy atom. The van der Waals surface area contributed by atoms with Crippen LogP contribution in [-0.2, 0) is 20.6 Å². The third-order valence-electron chi connectivity index (χ3n) is 2.14. The number of nitrogens with zero attached hydrogens (tertiary/aromatic N) is 1. The molecule has 0 aromatic carbocycles. The van der Waals surface area contributed by atoms with Gasteiger partial charge in [-0.05, 0) is 0 Å². The van der Waals surface area contributed by atoms with Crippen LogP contribution in [0.1, 0.15) is 19.8 Å². The first-order valence-corrected chi connectivity index (χ1v) is 4.65. The second kappa shape index (κ2) is 4.37. The summed E-state index contributed by atoms with van der Waals surface area (Å²) in [6, 6.07) is 0.612. The first kappa shape index (κ1) is 9.41. The Kier molecular flexibility index (Phi) is 3.74. The summed E-state index contributed by atoms with van der Waals surface area (Å²) >= 11 is 3.06. The summed E-state index contributed by atoms with van der Waals surface area (Å²) in [5, 5.41) is 0. The zero-order chi connectivity index (χ0) is 8.27. The van der Waals surface area contributed by atoms with E-state index < -0.39 is 0 Å². The van der Waals surface area contributed by atoms with Crippen LogP contribution in [0.2, 0.25) is 0 Å². The zero-order valence-corrected chi connectivity index (χ0v) is 8.44. The summed E-state index contributed by atoms with van der Waals surface area (Å²) in [7, 11) is 1.77. The van der Waals surface area contributed by atoms with Crippen LogP contribution in [-0.4, -0.2) is 35.7 Å². The Balaban J connectivity index is 2.44. The molecule has 0 aliphatic carbocycles. The number of hydrogen-bond donors (Lipinski definition) is 0. The topological polar surface area (TPSA) is 12.5 Å². The Bertz CT molecular complexity index is 149. The van der Waals surface area contributed by atoms with E-state index in [0.29, 0.717) is 6.04 Å². The molecule has 11 heavy (non-hydrogen) atoms. The molecular formula is C8H15CrNO. The molecule has 64 valence electrons. The summed E-state index contributed by atoms with van der Waals surface area (Å²) in [6.45, 7) is 4.17. The van der Waals surface area contributed by atoms with E-state index in [4.69, 9.17) is 4.74 Å². The van der Waals surface area contributed by atoms with Crippen molar-refractivity contribution in [1.82, 2.24) is 4.90 Å². The van der Waals surface area contributed by atoms with E-state index in [2.05, 4.69) is 27.7 Å². The van der Waals surface area contributed by atoms with E-state index in [-0.39, 0.29) is 0 Å². The average molecular weight is 193 g/mol. The molecule has 1 heterocycles. The monoisotopic (exact) mass is 193 g/mol. The van der Waals surface area contributed by atoms with Gasteiger partial charge in [0, 0.05) is 0 Å². The molecule has 1 aliphatic rings. The number of ether oxygens (including phenoxy) is 1. The van der Waals surface area contributed by atoms with Crippen LogP contribution < -0.4 is 0 Å². The SMILES string of the molecule is COC[C@@H]1CCCN1[C](C)=[Cr]. The third-order valence-corrected chi connectivity index (χ3v) is 2.51. The van der Waals surface area contributed by atoms with Crippen molar-refractivity contribution in [3.63, 3.8) is 0 Å². The van der Waals surface area contributed by atoms with Crippen molar-refractivity contribution in [2.45, 2.75) is 25.8 Å². The molecular weight excluding hydrogens is 178 g/mol. The quantitative estimate of drug-likeness (QED) is 0.657. The van der Waals surface area contributed by atoms with Crippen molar-refractivity contribution in [2.24, 2.45) is 0 Å².